The highest BCUT2D eigenvalue weighted by Crippen LogP contribution is 2.33. The van der Waals surface area contributed by atoms with Crippen LogP contribution in [0.1, 0.15) is 55.0 Å². The van der Waals surface area contributed by atoms with E-state index in [9.17, 15) is 4.79 Å². The van der Waals surface area contributed by atoms with Gasteiger partial charge >= 0.3 is 0 Å². The van der Waals surface area contributed by atoms with Crippen LogP contribution in [0.2, 0.25) is 0 Å². The first-order valence-electron chi connectivity index (χ1n) is 9.93. The lowest BCUT2D eigenvalue weighted by Crippen LogP contribution is -2.35. The molecule has 142 valence electrons. The summed E-state index contributed by atoms with van der Waals surface area (Å²) in [7, 11) is 0. The Labute approximate surface area is 160 Å². The molecule has 2 aliphatic heterocycles. The summed E-state index contributed by atoms with van der Waals surface area (Å²) in [5.41, 5.74) is 3.18. The van der Waals surface area contributed by atoms with E-state index in [1.54, 1.807) is 11.3 Å². The van der Waals surface area contributed by atoms with E-state index in [0.717, 1.165) is 36.7 Å². The first-order valence-corrected chi connectivity index (χ1v) is 9.93. The van der Waals surface area contributed by atoms with E-state index < -0.39 is 0 Å². The van der Waals surface area contributed by atoms with Crippen LogP contribution in [-0.4, -0.2) is 41.2 Å². The molecule has 0 radical (unpaired) electrons. The number of nitrogens with zero attached hydrogens (tertiary/aromatic N) is 3. The van der Waals surface area contributed by atoms with Crippen LogP contribution in [0.3, 0.4) is 0 Å². The SMILES string of the molecule is Cc1ccc([C@@H]2CC(c3ccco3)=NN2C(=O)CCN2CCCCC2)cc1. The number of benzene rings is 1. The second-order valence-corrected chi connectivity index (χ2v) is 7.55. The van der Waals surface area contributed by atoms with Gasteiger partial charge in [0.25, 0.3) is 0 Å². The number of aryl methyl sites for hydroxylation is 1. The number of hydrogen-bond donors (Lipinski definition) is 0. The lowest BCUT2D eigenvalue weighted by Gasteiger charge is -2.27. The van der Waals surface area contributed by atoms with Crippen molar-refractivity contribution >= 4 is 11.6 Å². The number of carbonyl (C=O) groups is 1. The topological polar surface area (TPSA) is 49.1 Å². The summed E-state index contributed by atoms with van der Waals surface area (Å²) in [5.74, 6) is 0.839. The average molecular weight is 365 g/mol. The molecule has 4 rings (SSSR count). The Morgan fingerprint density at radius 1 is 1.15 bits per heavy atom. The third-order valence-corrected chi connectivity index (χ3v) is 5.52. The van der Waals surface area contributed by atoms with Gasteiger partial charge in [-0.2, -0.15) is 5.10 Å². The number of carbonyl (C=O) groups excluding carboxylic acids is 1. The predicted molar refractivity (Wildman–Crippen MR) is 106 cm³/mol. The second kappa shape index (κ2) is 8.09. The minimum absolute atomic E-state index is 0.0560. The molecule has 1 fully saturated rings. The molecule has 2 aromatic rings. The Kier molecular flexibility index (Phi) is 5.39. The maximum atomic E-state index is 13.0. The van der Waals surface area contributed by atoms with E-state index in [0.29, 0.717) is 12.8 Å². The van der Waals surface area contributed by atoms with E-state index in [2.05, 4.69) is 41.2 Å². The Hall–Kier alpha value is -2.40. The quantitative estimate of drug-likeness (QED) is 0.800. The molecule has 0 spiro atoms. The van der Waals surface area contributed by atoms with Crippen LogP contribution in [0.5, 0.6) is 0 Å². The molecule has 1 aromatic carbocycles. The number of hydrazone groups is 1. The molecule has 0 unspecified atom stereocenters. The lowest BCUT2D eigenvalue weighted by atomic mass is 9.99. The smallest absolute Gasteiger partial charge is 0.244 e. The van der Waals surface area contributed by atoms with Crippen LogP contribution in [0.15, 0.2) is 52.2 Å². The molecule has 2 aliphatic rings. The summed E-state index contributed by atoms with van der Waals surface area (Å²) in [6.45, 7) is 5.11. The summed E-state index contributed by atoms with van der Waals surface area (Å²) in [6, 6.07) is 12.1. The molecule has 0 N–H and O–H groups in total. The Bertz CT molecular complexity index is 789. The zero-order valence-electron chi connectivity index (χ0n) is 15.9. The largest absolute Gasteiger partial charge is 0.463 e. The third-order valence-electron chi connectivity index (χ3n) is 5.52. The normalized spacial score (nSPS) is 20.7. The molecular weight excluding hydrogens is 338 g/mol. The fourth-order valence-electron chi connectivity index (χ4n) is 3.93. The molecule has 0 saturated carbocycles. The van der Waals surface area contributed by atoms with E-state index in [-0.39, 0.29) is 11.9 Å². The highest BCUT2D eigenvalue weighted by Gasteiger charge is 2.33. The van der Waals surface area contributed by atoms with E-state index in [1.807, 2.05) is 12.1 Å². The molecule has 0 aliphatic carbocycles. The van der Waals surface area contributed by atoms with Gasteiger partial charge in [0.2, 0.25) is 5.91 Å². The summed E-state index contributed by atoms with van der Waals surface area (Å²) >= 11 is 0. The highest BCUT2D eigenvalue weighted by molar-refractivity contribution is 6.01. The van der Waals surface area contributed by atoms with Crippen LogP contribution in [0.4, 0.5) is 0 Å². The predicted octanol–water partition coefficient (Wildman–Crippen LogP) is 4.14. The maximum Gasteiger partial charge on any atom is 0.244 e. The second-order valence-electron chi connectivity index (χ2n) is 7.55. The minimum atomic E-state index is -0.0560. The fourth-order valence-corrected chi connectivity index (χ4v) is 3.93. The number of likely N-dealkylation sites (tertiary alicyclic amines) is 1. The van der Waals surface area contributed by atoms with Gasteiger partial charge in [-0.25, -0.2) is 5.01 Å². The van der Waals surface area contributed by atoms with Crippen molar-refractivity contribution < 1.29 is 9.21 Å². The zero-order chi connectivity index (χ0) is 18.6. The lowest BCUT2D eigenvalue weighted by molar-refractivity contribution is -0.133. The standard InChI is InChI=1S/C22H27N3O2/c1-17-7-9-18(10-8-17)20-16-19(21-6-5-15-27-21)23-25(20)22(26)11-14-24-12-3-2-4-13-24/h5-10,15,20H,2-4,11-14,16H2,1H3/t20-/m0/s1. The summed E-state index contributed by atoms with van der Waals surface area (Å²) in [6.07, 6.45) is 6.64. The van der Waals surface area contributed by atoms with Gasteiger partial charge in [-0.05, 0) is 50.6 Å². The van der Waals surface area contributed by atoms with E-state index >= 15 is 0 Å². The van der Waals surface area contributed by atoms with Crippen molar-refractivity contribution in [3.63, 3.8) is 0 Å². The van der Waals surface area contributed by atoms with Crippen LogP contribution in [0.25, 0.3) is 0 Å². The van der Waals surface area contributed by atoms with E-state index in [1.165, 1.54) is 24.8 Å². The van der Waals surface area contributed by atoms with Gasteiger partial charge in [-0.15, -0.1) is 0 Å². The number of furan rings is 1. The van der Waals surface area contributed by atoms with Crippen LogP contribution >= 0.6 is 0 Å². The van der Waals surface area contributed by atoms with Gasteiger partial charge in [0.1, 0.15) is 11.5 Å². The molecule has 5 heteroatoms. The van der Waals surface area contributed by atoms with Crippen LogP contribution in [0, 0.1) is 6.92 Å². The summed E-state index contributed by atoms with van der Waals surface area (Å²) in [4.78, 5) is 15.4. The van der Waals surface area contributed by atoms with Gasteiger partial charge < -0.3 is 9.32 Å². The molecule has 5 nitrogen and oxygen atoms in total. The monoisotopic (exact) mass is 365 g/mol. The first kappa shape index (κ1) is 18.0. The molecule has 1 amide bonds. The van der Waals surface area contributed by atoms with Gasteiger partial charge in [-0.1, -0.05) is 36.2 Å². The van der Waals surface area contributed by atoms with Crippen molar-refractivity contribution in [3.8, 4) is 0 Å². The molecule has 1 aromatic heterocycles. The molecule has 3 heterocycles. The zero-order valence-corrected chi connectivity index (χ0v) is 15.9. The number of rotatable bonds is 5. The van der Waals surface area contributed by atoms with Crippen molar-refractivity contribution in [3.05, 3.63) is 59.5 Å². The fraction of sp³-hybridized carbons (Fsp3) is 0.455. The molecule has 27 heavy (non-hydrogen) atoms. The average Bonchev–Trinajstić information content (AvgIpc) is 3.37. The molecule has 0 bridgehead atoms. The third kappa shape index (κ3) is 4.14. The molecule has 1 atom stereocenters. The summed E-state index contributed by atoms with van der Waals surface area (Å²) < 4.78 is 5.53. The minimum Gasteiger partial charge on any atom is -0.463 e. The van der Waals surface area contributed by atoms with Crippen molar-refractivity contribution in [2.45, 2.75) is 45.1 Å². The van der Waals surface area contributed by atoms with Crippen molar-refractivity contribution in [1.29, 1.82) is 0 Å². The highest BCUT2D eigenvalue weighted by atomic mass is 16.3. The van der Waals surface area contributed by atoms with Gasteiger partial charge in [-0.3, -0.25) is 4.79 Å². The first-order chi connectivity index (χ1) is 13.2. The number of amides is 1. The molecule has 1 saturated heterocycles. The van der Waals surface area contributed by atoms with Crippen molar-refractivity contribution in [2.24, 2.45) is 5.10 Å². The summed E-state index contributed by atoms with van der Waals surface area (Å²) in [5, 5.41) is 6.35. The Balaban J connectivity index is 1.51. The van der Waals surface area contributed by atoms with Crippen molar-refractivity contribution in [1.82, 2.24) is 9.91 Å². The Morgan fingerprint density at radius 3 is 2.63 bits per heavy atom. The van der Waals surface area contributed by atoms with Crippen LogP contribution < -0.4 is 0 Å². The van der Waals surface area contributed by atoms with E-state index in [4.69, 9.17) is 4.42 Å². The number of hydrogen-bond acceptors (Lipinski definition) is 4. The van der Waals surface area contributed by atoms with Crippen LogP contribution in [-0.2, 0) is 4.79 Å². The molecular formula is C22H27N3O2. The van der Waals surface area contributed by atoms with Gasteiger partial charge in [0.15, 0.2) is 0 Å². The Morgan fingerprint density at radius 2 is 1.93 bits per heavy atom. The van der Waals surface area contributed by atoms with Crippen molar-refractivity contribution in [2.75, 3.05) is 19.6 Å². The van der Waals surface area contributed by atoms with Gasteiger partial charge in [0, 0.05) is 19.4 Å². The van der Waals surface area contributed by atoms with Gasteiger partial charge in [0.05, 0.1) is 12.3 Å². The maximum absolute atomic E-state index is 13.0. The number of piperidine rings is 1.